The van der Waals surface area contributed by atoms with Crippen LogP contribution in [0.5, 0.6) is 0 Å². The minimum absolute atomic E-state index is 0.0237. The number of aliphatic hydroxyl groups excluding tert-OH is 1. The van der Waals surface area contributed by atoms with E-state index < -0.39 is 11.7 Å². The van der Waals surface area contributed by atoms with Crippen LogP contribution < -0.4 is 0 Å². The van der Waals surface area contributed by atoms with Gasteiger partial charge in [-0.3, -0.25) is 4.79 Å². The summed E-state index contributed by atoms with van der Waals surface area (Å²) in [6.45, 7) is 3.94. The Hall–Kier alpha value is -0.840. The van der Waals surface area contributed by atoms with Gasteiger partial charge in [0, 0.05) is 12.6 Å². The van der Waals surface area contributed by atoms with Gasteiger partial charge in [0.2, 0.25) is 0 Å². The molecule has 0 heterocycles. The van der Waals surface area contributed by atoms with E-state index in [1.165, 1.54) is 11.0 Å². The summed E-state index contributed by atoms with van der Waals surface area (Å²) < 4.78 is 13.5. The van der Waals surface area contributed by atoms with Gasteiger partial charge in [-0.15, -0.1) is 0 Å². The fraction of sp³-hybridized carbons (Fsp3) is 0.500. The quantitative estimate of drug-likeness (QED) is 0.810. The fourth-order valence-corrected chi connectivity index (χ4v) is 2.59. The predicted octanol–water partition coefficient (Wildman–Crippen LogP) is 3.76. The normalized spacial score (nSPS) is 10.9. The van der Waals surface area contributed by atoms with Gasteiger partial charge in [-0.05, 0) is 25.0 Å². The molecule has 0 radical (unpaired) electrons. The van der Waals surface area contributed by atoms with Crippen LogP contribution in [0, 0.1) is 5.82 Å². The van der Waals surface area contributed by atoms with Gasteiger partial charge < -0.3 is 10.0 Å². The molecule has 1 N–H and O–H groups in total. The number of carbonyl (C=O) groups excluding carboxylic acids is 1. The topological polar surface area (TPSA) is 40.5 Å². The van der Waals surface area contributed by atoms with Crippen LogP contribution in [0.4, 0.5) is 4.39 Å². The first kappa shape index (κ1) is 17.2. The van der Waals surface area contributed by atoms with Crippen molar-refractivity contribution in [3.8, 4) is 0 Å². The van der Waals surface area contributed by atoms with Gasteiger partial charge in [-0.2, -0.15) is 0 Å². The van der Waals surface area contributed by atoms with Gasteiger partial charge in [0.15, 0.2) is 0 Å². The van der Waals surface area contributed by atoms with Crippen molar-refractivity contribution in [3.63, 3.8) is 0 Å². The summed E-state index contributed by atoms with van der Waals surface area (Å²) in [6.07, 6.45) is 1.49. The molecule has 0 aliphatic rings. The molecule has 0 fully saturated rings. The van der Waals surface area contributed by atoms with Crippen LogP contribution in [-0.4, -0.2) is 35.1 Å². The molecule has 0 aliphatic heterocycles. The van der Waals surface area contributed by atoms with Crippen LogP contribution in [-0.2, 0) is 0 Å². The molecule has 0 atom stereocenters. The van der Waals surface area contributed by atoms with Crippen molar-refractivity contribution in [3.05, 3.63) is 33.6 Å². The highest BCUT2D eigenvalue weighted by atomic mass is 35.5. The highest BCUT2D eigenvalue weighted by Gasteiger charge is 2.24. The molecule has 0 aliphatic carbocycles. The van der Waals surface area contributed by atoms with Gasteiger partial charge in [-0.1, -0.05) is 37.0 Å². The monoisotopic (exact) mass is 321 g/mol. The maximum absolute atomic E-state index is 13.5. The molecule has 1 aromatic rings. The lowest BCUT2D eigenvalue weighted by Gasteiger charge is -2.30. The minimum atomic E-state index is -0.687. The molecule has 0 spiro atoms. The SMILES string of the molecule is CCC(CC)N(CCO)C(=O)c1cc(F)c(Cl)cc1Cl. The second-order valence-electron chi connectivity index (χ2n) is 4.44. The zero-order valence-electron chi connectivity index (χ0n) is 11.5. The van der Waals surface area contributed by atoms with Crippen molar-refractivity contribution in [2.24, 2.45) is 0 Å². The van der Waals surface area contributed by atoms with Crippen molar-refractivity contribution in [1.82, 2.24) is 4.90 Å². The van der Waals surface area contributed by atoms with Crippen molar-refractivity contribution >= 4 is 29.1 Å². The number of hydrogen-bond donors (Lipinski definition) is 1. The van der Waals surface area contributed by atoms with E-state index in [0.29, 0.717) is 0 Å². The zero-order chi connectivity index (χ0) is 15.3. The van der Waals surface area contributed by atoms with E-state index in [-0.39, 0.29) is 34.8 Å². The Morgan fingerprint density at radius 1 is 1.30 bits per heavy atom. The largest absolute Gasteiger partial charge is 0.395 e. The molecule has 1 amide bonds. The molecular formula is C14H18Cl2FNO2. The highest BCUT2D eigenvalue weighted by Crippen LogP contribution is 2.26. The molecule has 112 valence electrons. The summed E-state index contributed by atoms with van der Waals surface area (Å²) in [7, 11) is 0. The second-order valence-corrected chi connectivity index (χ2v) is 5.25. The second kappa shape index (κ2) is 7.81. The Morgan fingerprint density at radius 3 is 2.40 bits per heavy atom. The van der Waals surface area contributed by atoms with Gasteiger partial charge >= 0.3 is 0 Å². The molecule has 0 unspecified atom stereocenters. The summed E-state index contributed by atoms with van der Waals surface area (Å²) in [6, 6.07) is 2.24. The predicted molar refractivity (Wildman–Crippen MR) is 78.9 cm³/mol. The molecule has 0 saturated carbocycles. The number of amides is 1. The van der Waals surface area contributed by atoms with E-state index >= 15 is 0 Å². The van der Waals surface area contributed by atoms with Gasteiger partial charge in [0.1, 0.15) is 5.82 Å². The number of benzene rings is 1. The third kappa shape index (κ3) is 3.84. The van der Waals surface area contributed by atoms with Crippen LogP contribution in [0.2, 0.25) is 10.0 Å². The number of rotatable bonds is 6. The van der Waals surface area contributed by atoms with Crippen LogP contribution in [0.25, 0.3) is 0 Å². The molecular weight excluding hydrogens is 304 g/mol. The molecule has 1 aromatic carbocycles. The van der Waals surface area contributed by atoms with E-state index in [0.717, 1.165) is 18.9 Å². The maximum Gasteiger partial charge on any atom is 0.255 e. The number of carbonyl (C=O) groups is 1. The lowest BCUT2D eigenvalue weighted by molar-refractivity contribution is 0.0622. The summed E-state index contributed by atoms with van der Waals surface area (Å²) in [5.41, 5.74) is 0.0638. The lowest BCUT2D eigenvalue weighted by atomic mass is 10.1. The van der Waals surface area contributed by atoms with E-state index in [4.69, 9.17) is 28.3 Å². The van der Waals surface area contributed by atoms with Gasteiger partial charge in [-0.25, -0.2) is 4.39 Å². The Balaban J connectivity index is 3.15. The summed E-state index contributed by atoms with van der Waals surface area (Å²) in [4.78, 5) is 14.0. The third-order valence-electron chi connectivity index (χ3n) is 3.23. The number of aliphatic hydroxyl groups is 1. The van der Waals surface area contributed by atoms with Crippen molar-refractivity contribution in [2.45, 2.75) is 32.7 Å². The molecule has 0 aromatic heterocycles. The number of nitrogens with zero attached hydrogens (tertiary/aromatic N) is 1. The number of hydrogen-bond acceptors (Lipinski definition) is 2. The molecule has 3 nitrogen and oxygen atoms in total. The van der Waals surface area contributed by atoms with E-state index in [2.05, 4.69) is 0 Å². The molecule has 0 bridgehead atoms. The molecule has 1 rings (SSSR count). The zero-order valence-corrected chi connectivity index (χ0v) is 13.0. The average molecular weight is 322 g/mol. The van der Waals surface area contributed by atoms with Crippen LogP contribution >= 0.6 is 23.2 Å². The molecule has 20 heavy (non-hydrogen) atoms. The lowest BCUT2D eigenvalue weighted by Crippen LogP contribution is -2.41. The van der Waals surface area contributed by atoms with Crippen LogP contribution in [0.1, 0.15) is 37.0 Å². The summed E-state index contributed by atoms with van der Waals surface area (Å²) in [5, 5.41) is 9.10. The minimum Gasteiger partial charge on any atom is -0.395 e. The number of halogens is 3. The van der Waals surface area contributed by atoms with Crippen LogP contribution in [0.3, 0.4) is 0 Å². The van der Waals surface area contributed by atoms with Gasteiger partial charge in [0.05, 0.1) is 22.2 Å². The van der Waals surface area contributed by atoms with Crippen molar-refractivity contribution < 1.29 is 14.3 Å². The van der Waals surface area contributed by atoms with E-state index in [1.807, 2.05) is 13.8 Å². The fourth-order valence-electron chi connectivity index (χ4n) is 2.13. The Bertz CT molecular complexity index is 478. The highest BCUT2D eigenvalue weighted by molar-refractivity contribution is 6.36. The smallest absolute Gasteiger partial charge is 0.255 e. The molecule has 6 heteroatoms. The van der Waals surface area contributed by atoms with Gasteiger partial charge in [0.25, 0.3) is 5.91 Å². The van der Waals surface area contributed by atoms with Crippen molar-refractivity contribution in [2.75, 3.05) is 13.2 Å². The van der Waals surface area contributed by atoms with Crippen molar-refractivity contribution in [1.29, 1.82) is 0 Å². The van der Waals surface area contributed by atoms with Crippen LogP contribution in [0.15, 0.2) is 12.1 Å². The van der Waals surface area contributed by atoms with E-state index in [9.17, 15) is 9.18 Å². The van der Waals surface area contributed by atoms with E-state index in [1.54, 1.807) is 0 Å². The standard InChI is InChI=1S/C14H18Cl2FNO2/c1-3-9(4-2)18(5-6-19)14(20)10-7-13(17)12(16)8-11(10)15/h7-9,19H,3-6H2,1-2H3. The third-order valence-corrected chi connectivity index (χ3v) is 3.83. The molecule has 0 saturated heterocycles. The first-order valence-corrected chi connectivity index (χ1v) is 7.28. The Kier molecular flexibility index (Phi) is 6.72. The maximum atomic E-state index is 13.5. The Morgan fingerprint density at radius 2 is 1.90 bits per heavy atom. The summed E-state index contributed by atoms with van der Waals surface area (Å²) >= 11 is 11.6. The summed E-state index contributed by atoms with van der Waals surface area (Å²) in [5.74, 6) is -1.08. The first-order chi connectivity index (χ1) is 9.46. The average Bonchev–Trinajstić information content (AvgIpc) is 2.42. The first-order valence-electron chi connectivity index (χ1n) is 6.52. The Labute approximate surface area is 128 Å².